The Morgan fingerprint density at radius 1 is 0.917 bits per heavy atom. The van der Waals surface area contributed by atoms with Crippen LogP contribution in [0.25, 0.3) is 0 Å². The third-order valence-electron chi connectivity index (χ3n) is 3.00. The summed E-state index contributed by atoms with van der Waals surface area (Å²) in [6.45, 7) is 0. The molecule has 0 atom stereocenters. The van der Waals surface area contributed by atoms with E-state index in [1.54, 1.807) is 0 Å². The lowest BCUT2D eigenvalue weighted by Gasteiger charge is -2.15. The quantitative estimate of drug-likeness (QED) is 0.518. The molecule has 0 aromatic carbocycles. The molecule has 0 aliphatic heterocycles. The highest BCUT2D eigenvalue weighted by atomic mass is 14.2. The van der Waals surface area contributed by atoms with Crippen molar-refractivity contribution in [2.45, 2.75) is 51.4 Å². The highest BCUT2D eigenvalue weighted by Gasteiger charge is 2.19. The second kappa shape index (κ2) is 3.99. The Kier molecular flexibility index (Phi) is 2.71. The van der Waals surface area contributed by atoms with Crippen molar-refractivity contribution >= 4 is 0 Å². The van der Waals surface area contributed by atoms with E-state index in [0.717, 1.165) is 11.8 Å². The van der Waals surface area contributed by atoms with Gasteiger partial charge in [0.25, 0.3) is 0 Å². The van der Waals surface area contributed by atoms with Crippen LogP contribution in [0, 0.1) is 23.7 Å². The van der Waals surface area contributed by atoms with Crippen LogP contribution in [0.2, 0.25) is 0 Å². The zero-order valence-electron chi connectivity index (χ0n) is 7.81. The molecule has 0 aromatic rings. The highest BCUT2D eigenvalue weighted by Crippen LogP contribution is 2.32. The molecule has 0 aromatic heterocycles. The molecule has 2 aliphatic carbocycles. The van der Waals surface area contributed by atoms with E-state index in [1.807, 2.05) is 0 Å². The molecule has 0 heterocycles. The lowest BCUT2D eigenvalue weighted by atomic mass is 9.90. The van der Waals surface area contributed by atoms with E-state index in [1.165, 1.54) is 51.4 Å². The Hall–Kier alpha value is -0.440. The summed E-state index contributed by atoms with van der Waals surface area (Å²) in [5.74, 6) is 8.56. The molecule has 2 saturated carbocycles. The van der Waals surface area contributed by atoms with Gasteiger partial charge in [-0.05, 0) is 31.6 Å². The fourth-order valence-corrected chi connectivity index (χ4v) is 1.92. The fraction of sp³-hybridized carbons (Fsp3) is 0.833. The Balaban J connectivity index is 1.70. The topological polar surface area (TPSA) is 0 Å². The summed E-state index contributed by atoms with van der Waals surface area (Å²) < 4.78 is 0. The lowest BCUT2D eigenvalue weighted by molar-refractivity contribution is 0.430. The van der Waals surface area contributed by atoms with Crippen molar-refractivity contribution in [1.29, 1.82) is 0 Å². The van der Waals surface area contributed by atoms with Crippen molar-refractivity contribution in [3.8, 4) is 11.8 Å². The van der Waals surface area contributed by atoms with Gasteiger partial charge in [-0.3, -0.25) is 0 Å². The normalized spacial score (nSPS) is 24.7. The molecule has 0 radical (unpaired) electrons. The maximum absolute atomic E-state index is 3.44. The average Bonchev–Trinajstić information content (AvgIpc) is 2.90. The smallest absolute Gasteiger partial charge is 0.0202 e. The minimum atomic E-state index is 0.762. The van der Waals surface area contributed by atoms with Gasteiger partial charge in [0.2, 0.25) is 0 Å². The number of hydrogen-bond donors (Lipinski definition) is 0. The summed E-state index contributed by atoms with van der Waals surface area (Å²) >= 11 is 0. The zero-order chi connectivity index (χ0) is 8.23. The molecule has 66 valence electrons. The van der Waals surface area contributed by atoms with Crippen LogP contribution in [0.3, 0.4) is 0 Å². The molecule has 0 saturated heterocycles. The van der Waals surface area contributed by atoms with Crippen LogP contribution in [0.5, 0.6) is 0 Å². The minimum Gasteiger partial charge on any atom is -0.103 e. The molecule has 2 fully saturated rings. The minimum absolute atomic E-state index is 0.762. The Morgan fingerprint density at radius 3 is 2.33 bits per heavy atom. The lowest BCUT2D eigenvalue weighted by Crippen LogP contribution is -2.02. The third-order valence-corrected chi connectivity index (χ3v) is 3.00. The Labute approximate surface area is 75.7 Å². The van der Waals surface area contributed by atoms with E-state index in [2.05, 4.69) is 11.8 Å². The van der Waals surface area contributed by atoms with Crippen LogP contribution in [0.15, 0.2) is 0 Å². The van der Waals surface area contributed by atoms with Crippen LogP contribution in [-0.4, -0.2) is 0 Å². The first-order chi connectivity index (χ1) is 5.95. The van der Waals surface area contributed by atoms with Gasteiger partial charge in [-0.1, -0.05) is 25.2 Å². The van der Waals surface area contributed by atoms with Crippen molar-refractivity contribution in [3.63, 3.8) is 0 Å². The summed E-state index contributed by atoms with van der Waals surface area (Å²) in [5.41, 5.74) is 0. The van der Waals surface area contributed by atoms with Crippen molar-refractivity contribution in [2.24, 2.45) is 11.8 Å². The summed E-state index contributed by atoms with van der Waals surface area (Å²) in [5, 5.41) is 0. The maximum Gasteiger partial charge on any atom is 0.0202 e. The van der Waals surface area contributed by atoms with Crippen molar-refractivity contribution in [1.82, 2.24) is 0 Å². The van der Waals surface area contributed by atoms with Gasteiger partial charge in [-0.2, -0.15) is 0 Å². The largest absolute Gasteiger partial charge is 0.103 e. The van der Waals surface area contributed by atoms with Gasteiger partial charge in [0.05, 0.1) is 0 Å². The van der Waals surface area contributed by atoms with E-state index in [0.29, 0.717) is 0 Å². The van der Waals surface area contributed by atoms with E-state index < -0.39 is 0 Å². The Morgan fingerprint density at radius 2 is 1.67 bits per heavy atom. The summed E-state index contributed by atoms with van der Waals surface area (Å²) in [6.07, 6.45) is 11.1. The molecule has 0 unspecified atom stereocenters. The van der Waals surface area contributed by atoms with Crippen LogP contribution >= 0.6 is 0 Å². The van der Waals surface area contributed by atoms with E-state index in [4.69, 9.17) is 0 Å². The molecule has 0 bridgehead atoms. The van der Waals surface area contributed by atoms with Crippen LogP contribution in [0.4, 0.5) is 0 Å². The van der Waals surface area contributed by atoms with Gasteiger partial charge < -0.3 is 0 Å². The fourth-order valence-electron chi connectivity index (χ4n) is 1.92. The van der Waals surface area contributed by atoms with Gasteiger partial charge >= 0.3 is 0 Å². The predicted molar refractivity (Wildman–Crippen MR) is 51.7 cm³/mol. The first kappa shape index (κ1) is 8.17. The zero-order valence-corrected chi connectivity index (χ0v) is 7.81. The standard InChI is InChI=1S/C12H18/c1-2-5-11(6-3-1)7-4-8-12-9-10-12/h11-12H,1-3,5-6,8-10H2. The molecule has 0 heteroatoms. The van der Waals surface area contributed by atoms with Crippen LogP contribution in [0.1, 0.15) is 51.4 Å². The molecule has 0 nitrogen and oxygen atoms in total. The average molecular weight is 162 g/mol. The van der Waals surface area contributed by atoms with E-state index in [9.17, 15) is 0 Å². The highest BCUT2D eigenvalue weighted by molar-refractivity contribution is 5.06. The second-order valence-electron chi connectivity index (χ2n) is 4.30. The molecule has 2 rings (SSSR count). The second-order valence-corrected chi connectivity index (χ2v) is 4.30. The summed E-state index contributed by atoms with van der Waals surface area (Å²) in [6, 6.07) is 0. The van der Waals surface area contributed by atoms with Crippen molar-refractivity contribution in [2.75, 3.05) is 0 Å². The predicted octanol–water partition coefficient (Wildman–Crippen LogP) is 3.37. The van der Waals surface area contributed by atoms with Crippen molar-refractivity contribution < 1.29 is 0 Å². The number of rotatable bonds is 1. The van der Waals surface area contributed by atoms with E-state index in [-0.39, 0.29) is 0 Å². The molecule has 12 heavy (non-hydrogen) atoms. The summed E-state index contributed by atoms with van der Waals surface area (Å²) in [7, 11) is 0. The Bertz CT molecular complexity index is 184. The van der Waals surface area contributed by atoms with E-state index >= 15 is 0 Å². The van der Waals surface area contributed by atoms with Gasteiger partial charge in [-0.15, -0.1) is 5.92 Å². The molecule has 0 spiro atoms. The molecule has 2 aliphatic rings. The van der Waals surface area contributed by atoms with Crippen LogP contribution in [-0.2, 0) is 0 Å². The molecular formula is C12H18. The maximum atomic E-state index is 3.44. The number of hydrogen-bond acceptors (Lipinski definition) is 0. The molecular weight excluding hydrogens is 144 g/mol. The SMILES string of the molecule is C(#CC1CCCCC1)CC1CC1. The monoisotopic (exact) mass is 162 g/mol. The molecule has 0 N–H and O–H groups in total. The van der Waals surface area contributed by atoms with Gasteiger partial charge in [0.1, 0.15) is 0 Å². The molecule has 0 amide bonds. The van der Waals surface area contributed by atoms with Crippen LogP contribution < -0.4 is 0 Å². The van der Waals surface area contributed by atoms with Crippen molar-refractivity contribution in [3.05, 3.63) is 0 Å². The first-order valence-corrected chi connectivity index (χ1v) is 5.43. The van der Waals surface area contributed by atoms with Gasteiger partial charge in [-0.25, -0.2) is 0 Å². The van der Waals surface area contributed by atoms with Gasteiger partial charge in [0.15, 0.2) is 0 Å². The first-order valence-electron chi connectivity index (χ1n) is 5.43. The van der Waals surface area contributed by atoms with Gasteiger partial charge in [0, 0.05) is 12.3 Å². The third kappa shape index (κ3) is 2.55. The summed E-state index contributed by atoms with van der Waals surface area (Å²) in [4.78, 5) is 0.